The lowest BCUT2D eigenvalue weighted by molar-refractivity contribution is 0.648. The van der Waals surface area contributed by atoms with E-state index in [1.54, 1.807) is 19.0 Å². The lowest BCUT2D eigenvalue weighted by atomic mass is 10.3. The monoisotopic (exact) mass is 316 g/mol. The summed E-state index contributed by atoms with van der Waals surface area (Å²) < 4.78 is 4.45. The Morgan fingerprint density at radius 3 is 2.65 bits per heavy atom. The van der Waals surface area contributed by atoms with Gasteiger partial charge in [-0.25, -0.2) is 9.80 Å². The number of allylic oxidation sites excluding steroid dienone is 1. The van der Waals surface area contributed by atoms with Gasteiger partial charge in [0.25, 0.3) is 5.56 Å². The average Bonchev–Trinajstić information content (AvgIpc) is 2.87. The molecule has 0 unspecified atom stereocenters. The minimum absolute atomic E-state index is 0.201. The van der Waals surface area contributed by atoms with E-state index >= 15 is 0 Å². The van der Waals surface area contributed by atoms with Crippen LogP contribution in [-0.2, 0) is 20.1 Å². The van der Waals surface area contributed by atoms with Gasteiger partial charge in [0.2, 0.25) is 5.95 Å². The Morgan fingerprint density at radius 1 is 1.35 bits per heavy atom. The second-order valence-corrected chi connectivity index (χ2v) is 5.91. The first kappa shape index (κ1) is 15.3. The van der Waals surface area contributed by atoms with Crippen LogP contribution in [0.3, 0.4) is 0 Å². The van der Waals surface area contributed by atoms with E-state index in [0.717, 1.165) is 11.3 Å². The second kappa shape index (κ2) is 5.22. The molecule has 0 saturated carbocycles. The molecule has 2 aromatic rings. The van der Waals surface area contributed by atoms with Crippen LogP contribution in [0.4, 0.5) is 5.95 Å². The third kappa shape index (κ3) is 2.21. The van der Waals surface area contributed by atoms with Gasteiger partial charge in [0.15, 0.2) is 11.2 Å². The highest BCUT2D eigenvalue weighted by Crippen LogP contribution is 2.23. The van der Waals surface area contributed by atoms with Crippen LogP contribution in [0, 0.1) is 0 Å². The van der Waals surface area contributed by atoms with Gasteiger partial charge in [0, 0.05) is 13.6 Å². The zero-order chi connectivity index (χ0) is 16.9. The van der Waals surface area contributed by atoms with Gasteiger partial charge in [-0.1, -0.05) is 12.2 Å². The van der Waals surface area contributed by atoms with Crippen LogP contribution in [0.25, 0.3) is 11.2 Å². The van der Waals surface area contributed by atoms with E-state index in [-0.39, 0.29) is 17.8 Å². The number of nitrogens with zero attached hydrogens (tertiary/aromatic N) is 6. The zero-order valence-electron chi connectivity index (χ0n) is 13.8. The standard InChI is InChI=1S/C15H20N6O2/c1-6-21-14-16-12-11(19(14)8-10(4)17-21)13(22)20(7-9(2)3)15(23)18(12)5/h2,6-8H2,1,3-5H3. The van der Waals surface area contributed by atoms with Gasteiger partial charge in [-0.05, 0) is 20.8 Å². The fourth-order valence-electron chi connectivity index (χ4n) is 2.84. The molecule has 0 aromatic carbocycles. The van der Waals surface area contributed by atoms with Gasteiger partial charge in [0.05, 0.1) is 18.8 Å². The van der Waals surface area contributed by atoms with Crippen molar-refractivity contribution in [2.24, 2.45) is 12.1 Å². The largest absolute Gasteiger partial charge is 0.332 e. The van der Waals surface area contributed by atoms with E-state index in [9.17, 15) is 9.59 Å². The summed E-state index contributed by atoms with van der Waals surface area (Å²) in [5.41, 5.74) is 1.72. The molecule has 0 atom stereocenters. The van der Waals surface area contributed by atoms with Crippen molar-refractivity contribution < 1.29 is 0 Å². The maximum Gasteiger partial charge on any atom is 0.332 e. The summed E-state index contributed by atoms with van der Waals surface area (Å²) in [5.74, 6) is 0.591. The van der Waals surface area contributed by atoms with E-state index in [4.69, 9.17) is 0 Å². The normalized spacial score (nSPS) is 14.1. The fourth-order valence-corrected chi connectivity index (χ4v) is 2.84. The number of imidazole rings is 1. The van der Waals surface area contributed by atoms with Gasteiger partial charge in [0.1, 0.15) is 0 Å². The van der Waals surface area contributed by atoms with Gasteiger partial charge in [-0.3, -0.25) is 18.5 Å². The molecule has 23 heavy (non-hydrogen) atoms. The molecule has 0 fully saturated rings. The number of rotatable bonds is 3. The molecule has 8 heteroatoms. The number of hydrogen-bond donors (Lipinski definition) is 0. The smallest absolute Gasteiger partial charge is 0.297 e. The third-order valence-electron chi connectivity index (χ3n) is 3.85. The van der Waals surface area contributed by atoms with Crippen molar-refractivity contribution in [2.75, 3.05) is 11.6 Å². The molecular weight excluding hydrogens is 296 g/mol. The first-order valence-corrected chi connectivity index (χ1v) is 7.51. The Bertz CT molecular complexity index is 959. The maximum atomic E-state index is 12.9. The predicted molar refractivity (Wildman–Crippen MR) is 90.2 cm³/mol. The molecule has 0 aliphatic carbocycles. The summed E-state index contributed by atoms with van der Waals surface area (Å²) in [5, 5.41) is 6.19. The Hall–Kier alpha value is -2.64. The molecule has 122 valence electrons. The fraction of sp³-hybridized carbons (Fsp3) is 0.467. The quantitative estimate of drug-likeness (QED) is 0.781. The summed E-state index contributed by atoms with van der Waals surface area (Å²) in [6, 6.07) is 0. The highest BCUT2D eigenvalue weighted by atomic mass is 16.2. The van der Waals surface area contributed by atoms with Gasteiger partial charge >= 0.3 is 5.69 Å². The van der Waals surface area contributed by atoms with Crippen LogP contribution in [-0.4, -0.2) is 30.9 Å². The maximum absolute atomic E-state index is 12.9. The minimum atomic E-state index is -0.387. The second-order valence-electron chi connectivity index (χ2n) is 5.91. The first-order chi connectivity index (χ1) is 10.8. The Kier molecular flexibility index (Phi) is 3.46. The lowest BCUT2D eigenvalue weighted by Crippen LogP contribution is -2.40. The number of aromatic nitrogens is 4. The molecule has 0 radical (unpaired) electrons. The van der Waals surface area contributed by atoms with Gasteiger partial charge in [-0.15, -0.1) is 0 Å². The van der Waals surface area contributed by atoms with Crippen LogP contribution >= 0.6 is 0 Å². The van der Waals surface area contributed by atoms with E-state index in [1.165, 1.54) is 9.13 Å². The number of anilines is 1. The van der Waals surface area contributed by atoms with Crippen LogP contribution in [0.1, 0.15) is 20.8 Å². The molecule has 8 nitrogen and oxygen atoms in total. The Labute approximate surface area is 133 Å². The van der Waals surface area contributed by atoms with E-state index in [2.05, 4.69) is 16.7 Å². The van der Waals surface area contributed by atoms with Crippen LogP contribution in [0.5, 0.6) is 0 Å². The first-order valence-electron chi connectivity index (χ1n) is 7.51. The third-order valence-corrected chi connectivity index (χ3v) is 3.85. The van der Waals surface area contributed by atoms with Gasteiger partial charge < -0.3 is 0 Å². The Morgan fingerprint density at radius 2 is 2.04 bits per heavy atom. The minimum Gasteiger partial charge on any atom is -0.297 e. The molecule has 0 spiro atoms. The molecule has 1 aliphatic heterocycles. The van der Waals surface area contributed by atoms with Crippen molar-refractivity contribution in [1.82, 2.24) is 18.7 Å². The molecule has 0 saturated heterocycles. The number of fused-ring (bicyclic) bond motifs is 3. The van der Waals surface area contributed by atoms with E-state index in [1.807, 2.05) is 18.4 Å². The van der Waals surface area contributed by atoms with Crippen molar-refractivity contribution in [3.63, 3.8) is 0 Å². The molecule has 1 aliphatic rings. The summed E-state index contributed by atoms with van der Waals surface area (Å²) in [6.45, 7) is 10.8. The SMILES string of the molecule is C=C(C)Cn1c(=O)c2c(nc3n2CC(C)=NN3CC)n(C)c1=O. The molecule has 0 amide bonds. The molecule has 2 aromatic heterocycles. The molecule has 3 rings (SSSR count). The summed E-state index contributed by atoms with van der Waals surface area (Å²) >= 11 is 0. The van der Waals surface area contributed by atoms with Crippen molar-refractivity contribution in [1.29, 1.82) is 0 Å². The van der Waals surface area contributed by atoms with E-state index in [0.29, 0.717) is 30.2 Å². The summed E-state index contributed by atoms with van der Waals surface area (Å²) in [7, 11) is 1.63. The topological polar surface area (TPSA) is 77.4 Å². The lowest BCUT2D eigenvalue weighted by Gasteiger charge is -2.23. The van der Waals surface area contributed by atoms with Crippen LogP contribution in [0.15, 0.2) is 26.8 Å². The summed E-state index contributed by atoms with van der Waals surface area (Å²) in [6.07, 6.45) is 0. The van der Waals surface area contributed by atoms with Crippen LogP contribution < -0.4 is 16.3 Å². The van der Waals surface area contributed by atoms with Crippen molar-refractivity contribution in [3.8, 4) is 0 Å². The number of hydrazone groups is 1. The molecule has 3 heterocycles. The van der Waals surface area contributed by atoms with Crippen LogP contribution in [0.2, 0.25) is 0 Å². The van der Waals surface area contributed by atoms with Crippen molar-refractivity contribution >= 4 is 22.8 Å². The highest BCUT2D eigenvalue weighted by molar-refractivity contribution is 5.87. The van der Waals surface area contributed by atoms with Crippen molar-refractivity contribution in [2.45, 2.75) is 33.9 Å². The zero-order valence-corrected chi connectivity index (χ0v) is 13.8. The molecule has 0 bridgehead atoms. The van der Waals surface area contributed by atoms with E-state index < -0.39 is 0 Å². The highest BCUT2D eigenvalue weighted by Gasteiger charge is 2.25. The summed E-state index contributed by atoms with van der Waals surface area (Å²) in [4.78, 5) is 29.8. The Balaban J connectivity index is 2.40. The molecule has 0 N–H and O–H groups in total. The predicted octanol–water partition coefficient (Wildman–Crippen LogP) is 0.689. The van der Waals surface area contributed by atoms with Crippen molar-refractivity contribution in [3.05, 3.63) is 33.0 Å². The molecular formula is C15H20N6O2. The number of hydrogen-bond acceptors (Lipinski definition) is 5. The average molecular weight is 316 g/mol. The van der Waals surface area contributed by atoms with Gasteiger partial charge in [-0.2, -0.15) is 10.1 Å². The number of aryl methyl sites for hydroxylation is 1.